The molecule has 0 aliphatic carbocycles. The molecule has 6 heteroatoms. The number of nitrogens with zero attached hydrogens (tertiary/aromatic N) is 3. The summed E-state index contributed by atoms with van der Waals surface area (Å²) in [7, 11) is 0. The quantitative estimate of drug-likeness (QED) is 0.778. The van der Waals surface area contributed by atoms with Crippen molar-refractivity contribution in [3.05, 3.63) is 84.5 Å². The molecule has 2 N–H and O–H groups in total. The van der Waals surface area contributed by atoms with Crippen molar-refractivity contribution >= 4 is 17.6 Å². The Labute approximate surface area is 142 Å². The van der Waals surface area contributed by atoms with Crippen LogP contribution >= 0.6 is 11.3 Å². The van der Waals surface area contributed by atoms with Crippen LogP contribution in [0.4, 0.5) is 0 Å². The maximum Gasteiger partial charge on any atom is 0.0451 e. The zero-order valence-electron chi connectivity index (χ0n) is 13.4. The van der Waals surface area contributed by atoms with Crippen LogP contribution in [0.1, 0.15) is 13.8 Å². The molecule has 23 heavy (non-hydrogen) atoms. The van der Waals surface area contributed by atoms with Gasteiger partial charge in [0.2, 0.25) is 0 Å². The molecule has 3 rings (SSSR count). The highest BCUT2D eigenvalue weighted by atomic mass is 32.1. The number of thiophene rings is 1. The van der Waals surface area contributed by atoms with Crippen molar-refractivity contribution in [1.29, 1.82) is 0 Å². The third kappa shape index (κ3) is 19.3. The minimum Gasteiger partial charge on any atom is -0.309 e. The molecule has 1 aliphatic heterocycles. The lowest BCUT2D eigenvalue weighted by Crippen LogP contribution is -2.21. The molecule has 0 atom stereocenters. The normalized spacial score (nSPS) is 11.0. The van der Waals surface area contributed by atoms with Gasteiger partial charge in [-0.15, -0.1) is 0 Å². The van der Waals surface area contributed by atoms with Gasteiger partial charge in [0.25, 0.3) is 0 Å². The first-order valence-corrected chi connectivity index (χ1v) is 7.95. The van der Waals surface area contributed by atoms with Gasteiger partial charge in [-0.3, -0.25) is 15.0 Å². The monoisotopic (exact) mass is 329 g/mol. The topological polar surface area (TPSA) is 62.2 Å². The number of hydrazine groups is 1. The fourth-order valence-corrected chi connectivity index (χ4v) is 1.41. The molecule has 0 radical (unpaired) electrons. The van der Waals surface area contributed by atoms with E-state index in [9.17, 15) is 0 Å². The zero-order valence-corrected chi connectivity index (χ0v) is 14.2. The van der Waals surface area contributed by atoms with Crippen molar-refractivity contribution in [3.63, 3.8) is 0 Å². The van der Waals surface area contributed by atoms with Crippen molar-refractivity contribution in [3.8, 4) is 0 Å². The molecular formula is C17H23N5S. The summed E-state index contributed by atoms with van der Waals surface area (Å²) in [5, 5.41) is 4.08. The lowest BCUT2D eigenvalue weighted by Gasteiger charge is -1.99. The highest BCUT2D eigenvalue weighted by Gasteiger charge is 1.70. The zero-order chi connectivity index (χ0) is 16.8. The summed E-state index contributed by atoms with van der Waals surface area (Å²) < 4.78 is 0. The Morgan fingerprint density at radius 3 is 1.57 bits per heavy atom. The van der Waals surface area contributed by atoms with E-state index >= 15 is 0 Å². The molecule has 0 unspecified atom stereocenters. The second-order valence-electron chi connectivity index (χ2n) is 3.58. The number of hydrogen-bond acceptors (Lipinski definition) is 6. The summed E-state index contributed by atoms with van der Waals surface area (Å²) in [5.41, 5.74) is 5.53. The van der Waals surface area contributed by atoms with E-state index in [2.05, 4.69) is 25.8 Å². The molecule has 0 bridgehead atoms. The van der Waals surface area contributed by atoms with Crippen molar-refractivity contribution in [2.24, 2.45) is 4.99 Å². The molecule has 122 valence electrons. The van der Waals surface area contributed by atoms with Crippen molar-refractivity contribution in [2.45, 2.75) is 13.8 Å². The summed E-state index contributed by atoms with van der Waals surface area (Å²) >= 11 is 1.71. The molecule has 0 fully saturated rings. The number of nitrogens with one attached hydrogen (secondary N) is 2. The van der Waals surface area contributed by atoms with Gasteiger partial charge in [-0.2, -0.15) is 11.3 Å². The van der Waals surface area contributed by atoms with Gasteiger partial charge in [-0.1, -0.05) is 18.2 Å². The fourth-order valence-electron chi connectivity index (χ4n) is 0.956. The van der Waals surface area contributed by atoms with Crippen molar-refractivity contribution in [1.82, 2.24) is 20.8 Å². The van der Waals surface area contributed by atoms with E-state index in [0.717, 1.165) is 0 Å². The third-order valence-electron chi connectivity index (χ3n) is 1.84. The van der Waals surface area contributed by atoms with Gasteiger partial charge in [-0.25, -0.2) is 0 Å². The number of aliphatic imine (C=N–C) groups is 1. The largest absolute Gasteiger partial charge is 0.309 e. The van der Waals surface area contributed by atoms with Gasteiger partial charge >= 0.3 is 0 Å². The second kappa shape index (κ2) is 19.3. The Morgan fingerprint density at radius 1 is 0.870 bits per heavy atom. The lowest BCUT2D eigenvalue weighted by atomic mass is 10.5. The maximum atomic E-state index is 3.78. The smallest absolute Gasteiger partial charge is 0.0451 e. The van der Waals surface area contributed by atoms with Gasteiger partial charge in [-0.05, 0) is 36.8 Å². The average Bonchev–Trinajstić information content (AvgIpc) is 3.24. The van der Waals surface area contributed by atoms with E-state index < -0.39 is 0 Å². The molecule has 5 nitrogen and oxygen atoms in total. The van der Waals surface area contributed by atoms with E-state index in [0.29, 0.717) is 0 Å². The van der Waals surface area contributed by atoms with Crippen molar-refractivity contribution in [2.75, 3.05) is 0 Å². The summed E-state index contributed by atoms with van der Waals surface area (Å²) in [6, 6.07) is 4.04. The van der Waals surface area contributed by atoms with Crippen LogP contribution in [0.15, 0.2) is 89.5 Å². The number of allylic oxidation sites excluding steroid dienone is 3. The lowest BCUT2D eigenvalue weighted by molar-refractivity contribution is 0.767. The third-order valence-corrected chi connectivity index (χ3v) is 2.47. The Morgan fingerprint density at radius 2 is 1.39 bits per heavy atom. The van der Waals surface area contributed by atoms with Gasteiger partial charge in [0.15, 0.2) is 0 Å². The highest BCUT2D eigenvalue weighted by Crippen LogP contribution is 1.91. The molecule has 0 saturated heterocycles. The Hall–Kier alpha value is -2.73. The van der Waals surface area contributed by atoms with E-state index in [1.807, 2.05) is 67.4 Å². The molecule has 1 aliphatic rings. The first-order valence-electron chi connectivity index (χ1n) is 7.00. The molecule has 3 heterocycles. The summed E-state index contributed by atoms with van der Waals surface area (Å²) in [6.07, 6.45) is 19.4. The summed E-state index contributed by atoms with van der Waals surface area (Å²) in [5.74, 6) is 0. The van der Waals surface area contributed by atoms with Gasteiger partial charge in [0.05, 0.1) is 0 Å². The molecule has 2 aromatic rings. The van der Waals surface area contributed by atoms with Gasteiger partial charge in [0, 0.05) is 49.6 Å². The first kappa shape index (κ1) is 20.3. The molecular weight excluding hydrogens is 306 g/mol. The van der Waals surface area contributed by atoms with Crippen LogP contribution in [0.2, 0.25) is 0 Å². The standard InChI is InChI=1S/C5H9N.C4H4N2.C4H6N2.C4H4S/c1-3-5-6-4-2;1-2-6-4-3-5-1;1-2-4-6-5-3-1;1-2-4-5-3-1/h3-5H,1-2H3;1-4H;1-6H;1-4H/b5-3-,6-4?;;;. The molecule has 0 aromatic carbocycles. The van der Waals surface area contributed by atoms with Crippen LogP contribution in [-0.4, -0.2) is 16.2 Å². The van der Waals surface area contributed by atoms with Gasteiger partial charge < -0.3 is 10.9 Å². The van der Waals surface area contributed by atoms with Crippen LogP contribution in [0, 0.1) is 0 Å². The number of rotatable bonds is 1. The summed E-state index contributed by atoms with van der Waals surface area (Å²) in [4.78, 5) is 11.2. The van der Waals surface area contributed by atoms with E-state index in [-0.39, 0.29) is 0 Å². The van der Waals surface area contributed by atoms with Crippen LogP contribution < -0.4 is 10.9 Å². The van der Waals surface area contributed by atoms with E-state index in [1.54, 1.807) is 48.5 Å². The van der Waals surface area contributed by atoms with Crippen LogP contribution in [-0.2, 0) is 0 Å². The van der Waals surface area contributed by atoms with E-state index in [4.69, 9.17) is 0 Å². The Balaban J connectivity index is 0.000000281. The minimum absolute atomic E-state index is 1.64. The highest BCUT2D eigenvalue weighted by molar-refractivity contribution is 7.07. The summed E-state index contributed by atoms with van der Waals surface area (Å²) in [6.45, 7) is 3.83. The molecule has 0 amide bonds. The van der Waals surface area contributed by atoms with Gasteiger partial charge in [0.1, 0.15) is 0 Å². The molecule has 2 aromatic heterocycles. The molecule has 0 saturated carbocycles. The number of hydrogen-bond donors (Lipinski definition) is 2. The predicted octanol–water partition coefficient (Wildman–Crippen LogP) is 3.96. The Kier molecular flexibility index (Phi) is 17.0. The molecule has 0 spiro atoms. The second-order valence-corrected chi connectivity index (χ2v) is 4.40. The van der Waals surface area contributed by atoms with Crippen LogP contribution in [0.3, 0.4) is 0 Å². The predicted molar refractivity (Wildman–Crippen MR) is 99.9 cm³/mol. The average molecular weight is 329 g/mol. The van der Waals surface area contributed by atoms with Crippen LogP contribution in [0.25, 0.3) is 0 Å². The Bertz CT molecular complexity index is 467. The fraction of sp³-hybridized carbons (Fsp3) is 0.118. The van der Waals surface area contributed by atoms with E-state index in [1.165, 1.54) is 0 Å². The van der Waals surface area contributed by atoms with Crippen molar-refractivity contribution < 1.29 is 0 Å². The minimum atomic E-state index is 1.64. The van der Waals surface area contributed by atoms with Crippen LogP contribution in [0.5, 0.6) is 0 Å². The SMILES string of the molecule is C1=CNNC=C1.CC=N/C=C\C.c1ccsc1.c1cnccn1. The number of aromatic nitrogens is 2. The maximum absolute atomic E-state index is 3.78. The first-order chi connectivity index (χ1) is 11.4.